The second-order valence-corrected chi connectivity index (χ2v) is 5.08. The molecule has 2 aromatic rings. The van der Waals surface area contributed by atoms with Crippen molar-refractivity contribution >= 4 is 11.6 Å². The monoisotopic (exact) mass is 283 g/mol. The van der Waals surface area contributed by atoms with Crippen LogP contribution in [0.25, 0.3) is 0 Å². The molecule has 0 radical (unpaired) electrons. The third kappa shape index (κ3) is 4.09. The SMILES string of the molecule is CCN(C(=O)COc1ccc(C)cc1)c1cccc(C)c1. The summed E-state index contributed by atoms with van der Waals surface area (Å²) >= 11 is 0. The number of amides is 1. The average Bonchev–Trinajstić information content (AvgIpc) is 2.47. The van der Waals surface area contributed by atoms with Gasteiger partial charge in [0, 0.05) is 12.2 Å². The van der Waals surface area contributed by atoms with Crippen LogP contribution in [0.5, 0.6) is 5.75 Å². The minimum atomic E-state index is -0.0383. The quantitative estimate of drug-likeness (QED) is 0.836. The molecule has 0 spiro atoms. The minimum absolute atomic E-state index is 0.0383. The molecule has 0 aliphatic rings. The van der Waals surface area contributed by atoms with E-state index < -0.39 is 0 Å². The second-order valence-electron chi connectivity index (χ2n) is 5.08. The van der Waals surface area contributed by atoms with Gasteiger partial charge in [-0.2, -0.15) is 0 Å². The van der Waals surface area contributed by atoms with Gasteiger partial charge in [0.05, 0.1) is 0 Å². The fourth-order valence-electron chi connectivity index (χ4n) is 2.16. The molecule has 0 bridgehead atoms. The second kappa shape index (κ2) is 6.93. The van der Waals surface area contributed by atoms with Crippen LogP contribution >= 0.6 is 0 Å². The Morgan fingerprint density at radius 2 is 1.76 bits per heavy atom. The van der Waals surface area contributed by atoms with E-state index in [0.717, 1.165) is 11.3 Å². The van der Waals surface area contributed by atoms with E-state index in [0.29, 0.717) is 12.3 Å². The molecule has 0 unspecified atom stereocenters. The fraction of sp³-hybridized carbons (Fsp3) is 0.278. The molecule has 0 fully saturated rings. The summed E-state index contributed by atoms with van der Waals surface area (Å²) in [7, 11) is 0. The van der Waals surface area contributed by atoms with Crippen molar-refractivity contribution < 1.29 is 9.53 Å². The molecular weight excluding hydrogens is 262 g/mol. The standard InChI is InChI=1S/C18H21NO2/c1-4-19(16-7-5-6-15(3)12-16)18(20)13-21-17-10-8-14(2)9-11-17/h5-12H,4,13H2,1-3H3. The van der Waals surface area contributed by atoms with E-state index in [1.54, 1.807) is 4.90 Å². The number of aryl methyl sites for hydroxylation is 2. The van der Waals surface area contributed by atoms with Crippen LogP contribution < -0.4 is 9.64 Å². The molecule has 3 nitrogen and oxygen atoms in total. The van der Waals surface area contributed by atoms with E-state index in [2.05, 4.69) is 0 Å². The zero-order chi connectivity index (χ0) is 15.2. The highest BCUT2D eigenvalue weighted by Crippen LogP contribution is 2.17. The van der Waals surface area contributed by atoms with Crippen molar-refractivity contribution in [1.82, 2.24) is 0 Å². The molecule has 0 N–H and O–H groups in total. The summed E-state index contributed by atoms with van der Waals surface area (Å²) in [5.41, 5.74) is 3.22. The highest BCUT2D eigenvalue weighted by Gasteiger charge is 2.14. The number of carbonyl (C=O) groups excluding carboxylic acids is 1. The molecule has 3 heteroatoms. The third-order valence-corrected chi connectivity index (χ3v) is 3.31. The number of ether oxygens (including phenoxy) is 1. The van der Waals surface area contributed by atoms with E-state index in [1.165, 1.54) is 5.56 Å². The van der Waals surface area contributed by atoms with E-state index in [-0.39, 0.29) is 12.5 Å². The van der Waals surface area contributed by atoms with Gasteiger partial charge in [-0.1, -0.05) is 29.8 Å². The summed E-state index contributed by atoms with van der Waals surface area (Å²) < 4.78 is 5.57. The number of benzene rings is 2. The van der Waals surface area contributed by atoms with Gasteiger partial charge in [0.2, 0.25) is 0 Å². The van der Waals surface area contributed by atoms with Gasteiger partial charge >= 0.3 is 0 Å². The Morgan fingerprint density at radius 3 is 2.38 bits per heavy atom. The van der Waals surface area contributed by atoms with Crippen molar-refractivity contribution in [2.24, 2.45) is 0 Å². The number of likely N-dealkylation sites (N-methyl/N-ethyl adjacent to an activating group) is 1. The molecule has 110 valence electrons. The Labute approximate surface area is 126 Å². The first-order chi connectivity index (χ1) is 10.1. The number of rotatable bonds is 5. The van der Waals surface area contributed by atoms with Crippen LogP contribution in [0.1, 0.15) is 18.1 Å². The van der Waals surface area contributed by atoms with Crippen LogP contribution in [0, 0.1) is 13.8 Å². The summed E-state index contributed by atoms with van der Waals surface area (Å²) in [5, 5.41) is 0. The summed E-state index contributed by atoms with van der Waals surface area (Å²) in [6, 6.07) is 15.6. The number of hydrogen-bond donors (Lipinski definition) is 0. The van der Waals surface area contributed by atoms with Gasteiger partial charge in [0.25, 0.3) is 5.91 Å². The van der Waals surface area contributed by atoms with Crippen molar-refractivity contribution in [3.8, 4) is 5.75 Å². The number of nitrogens with zero attached hydrogens (tertiary/aromatic N) is 1. The molecule has 0 aromatic heterocycles. The summed E-state index contributed by atoms with van der Waals surface area (Å²) in [6.07, 6.45) is 0. The number of anilines is 1. The lowest BCUT2D eigenvalue weighted by Gasteiger charge is -2.21. The summed E-state index contributed by atoms with van der Waals surface area (Å²) in [5.74, 6) is 0.679. The highest BCUT2D eigenvalue weighted by molar-refractivity contribution is 5.94. The molecule has 2 rings (SSSR count). The van der Waals surface area contributed by atoms with Gasteiger partial charge < -0.3 is 9.64 Å². The number of hydrogen-bond acceptors (Lipinski definition) is 2. The molecule has 0 atom stereocenters. The van der Waals surface area contributed by atoms with Gasteiger partial charge in [0.1, 0.15) is 5.75 Å². The van der Waals surface area contributed by atoms with Gasteiger partial charge in [-0.3, -0.25) is 4.79 Å². The maximum atomic E-state index is 12.3. The predicted octanol–water partition coefficient (Wildman–Crippen LogP) is 3.74. The van der Waals surface area contributed by atoms with Crippen LogP contribution in [-0.4, -0.2) is 19.1 Å². The summed E-state index contributed by atoms with van der Waals surface area (Å²) in [6.45, 7) is 6.67. The van der Waals surface area contributed by atoms with E-state index >= 15 is 0 Å². The van der Waals surface area contributed by atoms with Crippen LogP contribution in [0.4, 0.5) is 5.69 Å². The Morgan fingerprint density at radius 1 is 1.05 bits per heavy atom. The molecule has 0 aliphatic heterocycles. The maximum Gasteiger partial charge on any atom is 0.264 e. The molecule has 0 saturated carbocycles. The number of carbonyl (C=O) groups is 1. The van der Waals surface area contributed by atoms with Crippen molar-refractivity contribution in [1.29, 1.82) is 0 Å². The average molecular weight is 283 g/mol. The fourth-order valence-corrected chi connectivity index (χ4v) is 2.16. The molecular formula is C18H21NO2. The van der Waals surface area contributed by atoms with Crippen LogP contribution in [0.3, 0.4) is 0 Å². The summed E-state index contributed by atoms with van der Waals surface area (Å²) in [4.78, 5) is 14.1. The normalized spacial score (nSPS) is 10.2. The topological polar surface area (TPSA) is 29.5 Å². The lowest BCUT2D eigenvalue weighted by Crippen LogP contribution is -2.34. The maximum absolute atomic E-state index is 12.3. The van der Waals surface area contributed by atoms with Crippen LogP contribution in [0.15, 0.2) is 48.5 Å². The first-order valence-corrected chi connectivity index (χ1v) is 7.16. The first-order valence-electron chi connectivity index (χ1n) is 7.16. The molecule has 1 amide bonds. The molecule has 0 aliphatic carbocycles. The first kappa shape index (κ1) is 15.1. The molecule has 2 aromatic carbocycles. The largest absolute Gasteiger partial charge is 0.484 e. The van der Waals surface area contributed by atoms with Gasteiger partial charge in [-0.25, -0.2) is 0 Å². The minimum Gasteiger partial charge on any atom is -0.484 e. The zero-order valence-electron chi connectivity index (χ0n) is 12.8. The van der Waals surface area contributed by atoms with Crippen molar-refractivity contribution in [3.63, 3.8) is 0 Å². The van der Waals surface area contributed by atoms with Crippen molar-refractivity contribution in [2.45, 2.75) is 20.8 Å². The lowest BCUT2D eigenvalue weighted by atomic mass is 10.2. The van der Waals surface area contributed by atoms with Gasteiger partial charge in [-0.05, 0) is 50.6 Å². The highest BCUT2D eigenvalue weighted by atomic mass is 16.5. The van der Waals surface area contributed by atoms with Gasteiger partial charge in [0.15, 0.2) is 6.61 Å². The molecule has 0 heterocycles. The van der Waals surface area contributed by atoms with E-state index in [1.807, 2.05) is 69.3 Å². The molecule has 0 saturated heterocycles. The third-order valence-electron chi connectivity index (χ3n) is 3.31. The van der Waals surface area contributed by atoms with Crippen LogP contribution in [-0.2, 0) is 4.79 Å². The zero-order valence-corrected chi connectivity index (χ0v) is 12.8. The van der Waals surface area contributed by atoms with Crippen molar-refractivity contribution in [2.75, 3.05) is 18.1 Å². The lowest BCUT2D eigenvalue weighted by molar-refractivity contribution is -0.120. The van der Waals surface area contributed by atoms with Crippen LogP contribution in [0.2, 0.25) is 0 Å². The van der Waals surface area contributed by atoms with E-state index in [4.69, 9.17) is 4.74 Å². The Bertz CT molecular complexity index is 605. The molecule has 21 heavy (non-hydrogen) atoms. The predicted molar refractivity (Wildman–Crippen MR) is 85.9 cm³/mol. The van der Waals surface area contributed by atoms with Crippen molar-refractivity contribution in [3.05, 3.63) is 59.7 Å². The van der Waals surface area contributed by atoms with E-state index in [9.17, 15) is 4.79 Å². The Balaban J connectivity index is 2.02. The Kier molecular flexibility index (Phi) is 4.99. The van der Waals surface area contributed by atoms with Gasteiger partial charge in [-0.15, -0.1) is 0 Å². The Hall–Kier alpha value is -2.29. The smallest absolute Gasteiger partial charge is 0.264 e.